The maximum Gasteiger partial charge on any atom is 0.330 e. The lowest BCUT2D eigenvalue weighted by atomic mass is 9.98. The van der Waals surface area contributed by atoms with E-state index in [1.807, 2.05) is 0 Å². The van der Waals surface area contributed by atoms with Crippen LogP contribution in [-0.4, -0.2) is 46.0 Å². The quantitative estimate of drug-likeness (QED) is 0.754. The third-order valence-electron chi connectivity index (χ3n) is 4.11. The van der Waals surface area contributed by atoms with E-state index >= 15 is 0 Å². The van der Waals surface area contributed by atoms with Crippen LogP contribution in [0, 0.1) is 0 Å². The lowest BCUT2D eigenvalue weighted by molar-refractivity contribution is -0.143. The van der Waals surface area contributed by atoms with Gasteiger partial charge >= 0.3 is 5.97 Å². The molecule has 0 radical (unpaired) electrons. The van der Waals surface area contributed by atoms with Gasteiger partial charge in [-0.25, -0.2) is 4.79 Å². The van der Waals surface area contributed by atoms with Crippen LogP contribution in [0.2, 0.25) is 0 Å². The molecule has 23 heavy (non-hydrogen) atoms. The minimum absolute atomic E-state index is 0.145. The molecule has 0 bridgehead atoms. The van der Waals surface area contributed by atoms with Crippen LogP contribution in [0.15, 0.2) is 24.3 Å². The van der Waals surface area contributed by atoms with E-state index < -0.39 is 17.4 Å². The molecule has 2 fully saturated rings. The fourth-order valence-corrected chi connectivity index (χ4v) is 3.77. The van der Waals surface area contributed by atoms with Gasteiger partial charge in [0.2, 0.25) is 0 Å². The van der Waals surface area contributed by atoms with Crippen molar-refractivity contribution in [2.75, 3.05) is 11.5 Å². The minimum Gasteiger partial charge on any atom is -0.479 e. The summed E-state index contributed by atoms with van der Waals surface area (Å²) in [7, 11) is 0. The summed E-state index contributed by atoms with van der Waals surface area (Å²) in [4.78, 5) is 35.7. The Kier molecular flexibility index (Phi) is 4.30. The molecule has 3 N–H and O–H groups in total. The predicted molar refractivity (Wildman–Crippen MR) is 86.7 cm³/mol. The van der Waals surface area contributed by atoms with E-state index in [4.69, 9.17) is 0 Å². The highest BCUT2D eigenvalue weighted by molar-refractivity contribution is 7.99. The molecule has 1 aromatic carbocycles. The van der Waals surface area contributed by atoms with Crippen molar-refractivity contribution >= 4 is 29.5 Å². The summed E-state index contributed by atoms with van der Waals surface area (Å²) in [5, 5.41) is 14.9. The topological polar surface area (TPSA) is 95.5 Å². The Morgan fingerprint density at radius 2 is 1.70 bits per heavy atom. The van der Waals surface area contributed by atoms with E-state index in [0.29, 0.717) is 29.1 Å². The second-order valence-electron chi connectivity index (χ2n) is 5.97. The fourth-order valence-electron chi connectivity index (χ4n) is 2.44. The molecule has 1 saturated heterocycles. The van der Waals surface area contributed by atoms with Crippen LogP contribution in [0.4, 0.5) is 0 Å². The Morgan fingerprint density at radius 1 is 1.09 bits per heavy atom. The van der Waals surface area contributed by atoms with Crippen LogP contribution in [0.3, 0.4) is 0 Å². The van der Waals surface area contributed by atoms with Crippen LogP contribution in [-0.2, 0) is 4.79 Å². The van der Waals surface area contributed by atoms with Gasteiger partial charge in [0.05, 0.1) is 0 Å². The zero-order valence-electron chi connectivity index (χ0n) is 12.5. The zero-order chi connectivity index (χ0) is 16.4. The molecule has 3 rings (SSSR count). The molecular formula is C16H18N2O4S. The maximum absolute atomic E-state index is 12.3. The van der Waals surface area contributed by atoms with E-state index in [2.05, 4.69) is 10.6 Å². The van der Waals surface area contributed by atoms with Crippen molar-refractivity contribution in [1.29, 1.82) is 0 Å². The SMILES string of the molecule is O=C(NC1CC1)c1ccc(C(=O)NC2(C(=O)O)CCSC2)cc1. The lowest BCUT2D eigenvalue weighted by Gasteiger charge is -2.24. The number of carbonyl (C=O) groups excluding carboxylic acids is 2. The number of carboxylic acid groups (broad SMARTS) is 1. The third-order valence-corrected chi connectivity index (χ3v) is 5.30. The van der Waals surface area contributed by atoms with Gasteiger partial charge in [0.25, 0.3) is 11.8 Å². The van der Waals surface area contributed by atoms with E-state index in [0.717, 1.165) is 12.8 Å². The number of thioether (sulfide) groups is 1. The number of amides is 2. The molecule has 1 atom stereocenters. The first-order valence-corrected chi connectivity index (χ1v) is 8.70. The number of hydrogen-bond acceptors (Lipinski definition) is 4. The number of hydrogen-bond donors (Lipinski definition) is 3. The van der Waals surface area contributed by atoms with Crippen molar-refractivity contribution < 1.29 is 19.5 Å². The van der Waals surface area contributed by atoms with E-state index in [1.165, 1.54) is 11.8 Å². The molecule has 0 aromatic heterocycles. The van der Waals surface area contributed by atoms with E-state index in [9.17, 15) is 19.5 Å². The van der Waals surface area contributed by atoms with Crippen molar-refractivity contribution in [2.24, 2.45) is 0 Å². The molecule has 1 heterocycles. The van der Waals surface area contributed by atoms with Gasteiger partial charge in [-0.05, 0) is 49.3 Å². The minimum atomic E-state index is -1.19. The summed E-state index contributed by atoms with van der Waals surface area (Å²) < 4.78 is 0. The van der Waals surface area contributed by atoms with Gasteiger partial charge in [0.15, 0.2) is 0 Å². The van der Waals surface area contributed by atoms with Gasteiger partial charge in [-0.2, -0.15) is 11.8 Å². The van der Waals surface area contributed by atoms with Gasteiger partial charge < -0.3 is 15.7 Å². The number of nitrogens with one attached hydrogen (secondary N) is 2. The highest BCUT2D eigenvalue weighted by Gasteiger charge is 2.43. The van der Waals surface area contributed by atoms with Gasteiger partial charge in [0, 0.05) is 22.9 Å². The van der Waals surface area contributed by atoms with Gasteiger partial charge in [-0.3, -0.25) is 9.59 Å². The van der Waals surface area contributed by atoms with Crippen LogP contribution >= 0.6 is 11.8 Å². The zero-order valence-corrected chi connectivity index (χ0v) is 13.3. The van der Waals surface area contributed by atoms with Crippen molar-refractivity contribution in [1.82, 2.24) is 10.6 Å². The first-order valence-electron chi connectivity index (χ1n) is 7.55. The Balaban J connectivity index is 1.67. The molecule has 0 spiro atoms. The Hall–Kier alpha value is -2.02. The molecule has 1 unspecified atom stereocenters. The summed E-state index contributed by atoms with van der Waals surface area (Å²) in [6, 6.07) is 6.55. The van der Waals surface area contributed by atoms with Crippen molar-refractivity contribution in [3.63, 3.8) is 0 Å². The molecule has 1 saturated carbocycles. The summed E-state index contributed by atoms with van der Waals surface area (Å²) in [5.74, 6) is -0.489. The number of carbonyl (C=O) groups is 3. The smallest absolute Gasteiger partial charge is 0.330 e. The van der Waals surface area contributed by atoms with E-state index in [1.54, 1.807) is 24.3 Å². The summed E-state index contributed by atoms with van der Waals surface area (Å²) >= 11 is 1.52. The monoisotopic (exact) mass is 334 g/mol. The predicted octanol–water partition coefficient (Wildman–Crippen LogP) is 1.27. The molecule has 7 heteroatoms. The largest absolute Gasteiger partial charge is 0.479 e. The Morgan fingerprint density at radius 3 is 2.17 bits per heavy atom. The first kappa shape index (κ1) is 15.9. The molecule has 2 amide bonds. The molecule has 1 aromatic rings. The molecule has 1 aliphatic heterocycles. The average Bonchev–Trinajstić information content (AvgIpc) is 3.22. The average molecular weight is 334 g/mol. The normalized spacial score (nSPS) is 23.3. The summed E-state index contributed by atoms with van der Waals surface area (Å²) in [6.07, 6.45) is 2.45. The number of rotatable bonds is 5. The van der Waals surface area contributed by atoms with Crippen molar-refractivity contribution in [3.05, 3.63) is 35.4 Å². The molecule has 6 nitrogen and oxygen atoms in total. The standard InChI is InChI=1S/C16H18N2O4S/c19-13(17-12-5-6-12)10-1-3-11(4-2-10)14(20)18-16(15(21)22)7-8-23-9-16/h1-4,12H,5-9H2,(H,17,19)(H,18,20)(H,21,22). The lowest BCUT2D eigenvalue weighted by Crippen LogP contribution is -2.54. The highest BCUT2D eigenvalue weighted by Crippen LogP contribution is 2.28. The van der Waals surface area contributed by atoms with Crippen molar-refractivity contribution in [2.45, 2.75) is 30.8 Å². The van der Waals surface area contributed by atoms with E-state index in [-0.39, 0.29) is 11.9 Å². The van der Waals surface area contributed by atoms with Gasteiger partial charge in [-0.1, -0.05) is 0 Å². The van der Waals surface area contributed by atoms with Crippen LogP contribution < -0.4 is 10.6 Å². The fraction of sp³-hybridized carbons (Fsp3) is 0.438. The van der Waals surface area contributed by atoms with Crippen LogP contribution in [0.25, 0.3) is 0 Å². The third kappa shape index (κ3) is 3.50. The number of benzene rings is 1. The van der Waals surface area contributed by atoms with Gasteiger partial charge in [-0.15, -0.1) is 0 Å². The second kappa shape index (κ2) is 6.23. The molecule has 1 aliphatic carbocycles. The molecular weight excluding hydrogens is 316 g/mol. The van der Waals surface area contributed by atoms with Crippen molar-refractivity contribution in [3.8, 4) is 0 Å². The number of carboxylic acids is 1. The number of aliphatic carboxylic acids is 1. The molecule has 2 aliphatic rings. The highest BCUT2D eigenvalue weighted by atomic mass is 32.2. The Labute approximate surface area is 138 Å². The van der Waals surface area contributed by atoms with Crippen LogP contribution in [0.1, 0.15) is 40.0 Å². The maximum atomic E-state index is 12.3. The Bertz CT molecular complexity index is 634. The first-order chi connectivity index (χ1) is 11.0. The summed E-state index contributed by atoms with van der Waals surface area (Å²) in [5.41, 5.74) is -0.340. The summed E-state index contributed by atoms with van der Waals surface area (Å²) in [6.45, 7) is 0. The van der Waals surface area contributed by atoms with Gasteiger partial charge in [0.1, 0.15) is 5.54 Å². The molecule has 122 valence electrons. The van der Waals surface area contributed by atoms with Crippen LogP contribution in [0.5, 0.6) is 0 Å². The second-order valence-corrected chi connectivity index (χ2v) is 7.07.